The molecule has 2 aliphatic heterocycles. The van der Waals surface area contributed by atoms with Crippen molar-refractivity contribution in [3.8, 4) is 29.3 Å². The third-order valence-electron chi connectivity index (χ3n) is 10.1. The Morgan fingerprint density at radius 3 is 2.29 bits per heavy atom. The molecule has 0 amide bonds. The number of nitriles is 3. The molecule has 1 aliphatic carbocycles. The second-order valence-electron chi connectivity index (χ2n) is 13.0. The second-order valence-corrected chi connectivity index (χ2v) is 13.0. The van der Waals surface area contributed by atoms with Gasteiger partial charge in [0.15, 0.2) is 0 Å². The Bertz CT molecular complexity index is 2510. The lowest BCUT2D eigenvalue weighted by atomic mass is 9.87. The van der Waals surface area contributed by atoms with Crippen LogP contribution in [-0.2, 0) is 6.54 Å². The van der Waals surface area contributed by atoms with E-state index in [2.05, 4.69) is 126 Å². The van der Waals surface area contributed by atoms with Crippen LogP contribution in [0.5, 0.6) is 0 Å². The van der Waals surface area contributed by atoms with Gasteiger partial charge in [0.2, 0.25) is 0 Å². The fourth-order valence-corrected chi connectivity index (χ4v) is 7.93. The van der Waals surface area contributed by atoms with Crippen molar-refractivity contribution < 1.29 is 0 Å². The molecule has 5 aromatic carbocycles. The molecular weight excluding hydrogens is 635 g/mol. The van der Waals surface area contributed by atoms with Crippen LogP contribution in [0, 0.1) is 34.0 Å². The van der Waals surface area contributed by atoms with Gasteiger partial charge in [-0.05, 0) is 75.9 Å². The third-order valence-corrected chi connectivity index (χ3v) is 10.1. The fraction of sp³-hybridized carbons (Fsp3) is 0.0851. The molecule has 8 rings (SSSR count). The van der Waals surface area contributed by atoms with Crippen LogP contribution in [-0.4, -0.2) is 6.04 Å². The van der Waals surface area contributed by atoms with E-state index in [4.69, 9.17) is 0 Å². The molecule has 0 saturated heterocycles. The standard InChI is InChI=1S/C47H33N5/c1-2-12-39(41-16-6-9-20-45(41)51-31-34-13-3-4-14-37(34)40-15-5-8-19-44(40)51)38(18-11-24-48)35-25-33(30-50)26-36(28-35)52-46-21-10-7-17-42(46)43-27-32(29-49)22-23-47(43)52/h2-10,12-23,25-28,43,47H,1,11,31H2/b38-18-,39-12+. The van der Waals surface area contributed by atoms with Crippen molar-refractivity contribution in [2.75, 3.05) is 9.80 Å². The van der Waals surface area contributed by atoms with E-state index in [1.54, 1.807) is 6.08 Å². The Kier molecular flexibility index (Phi) is 8.42. The van der Waals surface area contributed by atoms with E-state index in [1.807, 2.05) is 54.6 Å². The second kappa shape index (κ2) is 13.6. The summed E-state index contributed by atoms with van der Waals surface area (Å²) in [6, 6.07) is 46.6. The number of hydrogen-bond acceptors (Lipinski definition) is 5. The maximum Gasteiger partial charge on any atom is 0.0992 e. The first-order chi connectivity index (χ1) is 25.6. The Morgan fingerprint density at radius 2 is 1.50 bits per heavy atom. The number of benzene rings is 5. The van der Waals surface area contributed by atoms with Gasteiger partial charge in [-0.25, -0.2) is 0 Å². The number of allylic oxidation sites excluding steroid dienone is 7. The van der Waals surface area contributed by atoms with Crippen molar-refractivity contribution in [2.24, 2.45) is 0 Å². The lowest BCUT2D eigenvalue weighted by molar-refractivity contribution is 0.741. The molecule has 5 heteroatoms. The average Bonchev–Trinajstić information content (AvgIpc) is 3.53. The van der Waals surface area contributed by atoms with Gasteiger partial charge in [-0.3, -0.25) is 0 Å². The van der Waals surface area contributed by atoms with Crippen LogP contribution in [0.4, 0.5) is 22.7 Å². The van der Waals surface area contributed by atoms with Crippen LogP contribution in [0.15, 0.2) is 164 Å². The first-order valence-corrected chi connectivity index (χ1v) is 17.3. The molecule has 0 fully saturated rings. The highest BCUT2D eigenvalue weighted by Gasteiger charge is 2.38. The first kappa shape index (κ1) is 32.1. The van der Waals surface area contributed by atoms with Crippen molar-refractivity contribution in [3.63, 3.8) is 0 Å². The number of para-hydroxylation sites is 3. The SMILES string of the molecule is C=C/C=C(\C(=C/CC#N)c1cc(C#N)cc(N2c3ccccc3C3C=C(C#N)C=CC32)c1)c1ccccc1N1Cc2ccccc2-c2ccccc21. The zero-order valence-electron chi connectivity index (χ0n) is 28.4. The lowest BCUT2D eigenvalue weighted by Gasteiger charge is -2.35. The maximum atomic E-state index is 10.4. The van der Waals surface area contributed by atoms with Crippen LogP contribution in [0.1, 0.15) is 40.2 Å². The summed E-state index contributed by atoms with van der Waals surface area (Å²) < 4.78 is 0. The molecule has 2 heterocycles. The Balaban J connectivity index is 1.28. The number of hydrogen-bond donors (Lipinski definition) is 0. The molecule has 5 aromatic rings. The first-order valence-electron chi connectivity index (χ1n) is 17.3. The van der Waals surface area contributed by atoms with E-state index < -0.39 is 0 Å². The summed E-state index contributed by atoms with van der Waals surface area (Å²) in [5.74, 6) is -0.000654. The molecule has 0 saturated carbocycles. The number of anilines is 4. The smallest absolute Gasteiger partial charge is 0.0992 e. The molecule has 0 bridgehead atoms. The van der Waals surface area contributed by atoms with Crippen molar-refractivity contribution >= 4 is 33.9 Å². The molecule has 3 aliphatic rings. The summed E-state index contributed by atoms with van der Waals surface area (Å²) in [5.41, 5.74) is 13.6. The van der Waals surface area contributed by atoms with E-state index in [0.29, 0.717) is 17.7 Å². The highest BCUT2D eigenvalue weighted by molar-refractivity contribution is 6.09. The highest BCUT2D eigenvalue weighted by Crippen LogP contribution is 2.50. The summed E-state index contributed by atoms with van der Waals surface area (Å²) in [5, 5.41) is 30.0. The third kappa shape index (κ3) is 5.50. The van der Waals surface area contributed by atoms with Gasteiger partial charge in [0, 0.05) is 51.9 Å². The predicted octanol–water partition coefficient (Wildman–Crippen LogP) is 11.1. The van der Waals surface area contributed by atoms with Crippen LogP contribution in [0.25, 0.3) is 22.3 Å². The Hall–Kier alpha value is -7.13. The molecule has 246 valence electrons. The minimum absolute atomic E-state index is 0.000654. The summed E-state index contributed by atoms with van der Waals surface area (Å²) in [7, 11) is 0. The summed E-state index contributed by atoms with van der Waals surface area (Å²) >= 11 is 0. The van der Waals surface area contributed by atoms with Gasteiger partial charge in [0.05, 0.1) is 36.2 Å². The van der Waals surface area contributed by atoms with Crippen LogP contribution in [0.2, 0.25) is 0 Å². The van der Waals surface area contributed by atoms with Gasteiger partial charge in [-0.1, -0.05) is 116 Å². The van der Waals surface area contributed by atoms with Crippen molar-refractivity contribution in [2.45, 2.75) is 24.9 Å². The molecule has 0 N–H and O–H groups in total. The van der Waals surface area contributed by atoms with Gasteiger partial charge in [0.25, 0.3) is 0 Å². The molecule has 0 radical (unpaired) electrons. The van der Waals surface area contributed by atoms with Gasteiger partial charge >= 0.3 is 0 Å². The van der Waals surface area contributed by atoms with Gasteiger partial charge < -0.3 is 9.80 Å². The topological polar surface area (TPSA) is 77.8 Å². The maximum absolute atomic E-state index is 10.4. The van der Waals surface area contributed by atoms with Crippen LogP contribution < -0.4 is 9.80 Å². The zero-order valence-corrected chi connectivity index (χ0v) is 28.4. The van der Waals surface area contributed by atoms with E-state index in [-0.39, 0.29) is 18.4 Å². The largest absolute Gasteiger partial charge is 0.336 e. The summed E-state index contributed by atoms with van der Waals surface area (Å²) in [6.07, 6.45) is 11.9. The van der Waals surface area contributed by atoms with Gasteiger partial charge in [-0.15, -0.1) is 0 Å². The highest BCUT2D eigenvalue weighted by atomic mass is 15.2. The zero-order chi connectivity index (χ0) is 35.6. The van der Waals surface area contributed by atoms with Crippen molar-refractivity contribution in [1.82, 2.24) is 0 Å². The minimum atomic E-state index is -0.0613. The van der Waals surface area contributed by atoms with Crippen molar-refractivity contribution in [1.29, 1.82) is 15.8 Å². The van der Waals surface area contributed by atoms with Crippen LogP contribution >= 0.6 is 0 Å². The molecule has 0 aromatic heterocycles. The molecule has 52 heavy (non-hydrogen) atoms. The van der Waals surface area contributed by atoms with E-state index in [0.717, 1.165) is 50.6 Å². The monoisotopic (exact) mass is 667 g/mol. The minimum Gasteiger partial charge on any atom is -0.336 e. The Morgan fingerprint density at radius 1 is 0.769 bits per heavy atom. The fourth-order valence-electron chi connectivity index (χ4n) is 7.93. The van der Waals surface area contributed by atoms with E-state index in [1.165, 1.54) is 16.7 Å². The number of nitrogens with zero attached hydrogens (tertiary/aromatic N) is 5. The molecule has 2 atom stereocenters. The molecule has 2 unspecified atom stereocenters. The summed E-state index contributed by atoms with van der Waals surface area (Å²) in [6.45, 7) is 4.81. The van der Waals surface area contributed by atoms with E-state index >= 15 is 0 Å². The normalized spacial score (nSPS) is 17.1. The lowest BCUT2D eigenvalue weighted by Crippen LogP contribution is -2.29. The van der Waals surface area contributed by atoms with Gasteiger partial charge in [-0.2, -0.15) is 15.8 Å². The Labute approximate surface area is 304 Å². The number of rotatable bonds is 7. The molecule has 5 nitrogen and oxygen atoms in total. The predicted molar refractivity (Wildman–Crippen MR) is 210 cm³/mol. The van der Waals surface area contributed by atoms with Gasteiger partial charge in [0.1, 0.15) is 0 Å². The van der Waals surface area contributed by atoms with Crippen LogP contribution in [0.3, 0.4) is 0 Å². The number of fused-ring (bicyclic) bond motifs is 6. The average molecular weight is 668 g/mol. The molecule has 0 spiro atoms. The van der Waals surface area contributed by atoms with Crippen molar-refractivity contribution in [3.05, 3.63) is 192 Å². The molecular formula is C47H33N5. The van der Waals surface area contributed by atoms with E-state index in [9.17, 15) is 15.8 Å². The summed E-state index contributed by atoms with van der Waals surface area (Å²) in [4.78, 5) is 4.63. The quantitative estimate of drug-likeness (QED) is 0.161.